The zero-order chi connectivity index (χ0) is 14.2. The maximum atomic E-state index is 11.5. The predicted octanol–water partition coefficient (Wildman–Crippen LogP) is 0.828. The Morgan fingerprint density at radius 1 is 0.895 bits per heavy atom. The molecule has 0 radical (unpaired) electrons. The van der Waals surface area contributed by atoms with Gasteiger partial charge in [-0.2, -0.15) is 0 Å². The molecule has 0 saturated carbocycles. The molecule has 2 rings (SSSR count). The van der Waals surface area contributed by atoms with Crippen LogP contribution in [0.2, 0.25) is 0 Å². The molecular weight excluding hydrogens is 252 g/mol. The summed E-state index contributed by atoms with van der Waals surface area (Å²) in [5, 5.41) is 0. The van der Waals surface area contributed by atoms with Crippen LogP contribution in [0.3, 0.4) is 0 Å². The lowest BCUT2D eigenvalue weighted by Gasteiger charge is -2.21. The van der Waals surface area contributed by atoms with Crippen LogP contribution in [-0.4, -0.2) is 23.9 Å². The van der Waals surface area contributed by atoms with E-state index in [4.69, 9.17) is 0 Å². The van der Waals surface area contributed by atoms with Crippen LogP contribution in [0.5, 0.6) is 0 Å². The first kappa shape index (κ1) is 13.7. The molecule has 0 aromatic carbocycles. The highest BCUT2D eigenvalue weighted by Crippen LogP contribution is 2.34. The largest absolute Gasteiger partial charge is 0.393 e. The first-order chi connectivity index (χ1) is 8.88. The number of hydrogen-bond acceptors (Lipinski definition) is 6. The molecule has 0 aliphatic carbocycles. The van der Waals surface area contributed by atoms with E-state index in [-0.39, 0.29) is 24.7 Å². The summed E-state index contributed by atoms with van der Waals surface area (Å²) in [5.41, 5.74) is 0. The molecule has 0 amide bonds. The van der Waals surface area contributed by atoms with Gasteiger partial charge in [-0.15, -0.1) is 0 Å². The van der Waals surface area contributed by atoms with Crippen LogP contribution in [0.4, 0.5) is 0 Å². The maximum absolute atomic E-state index is 11.5. The van der Waals surface area contributed by atoms with Crippen molar-refractivity contribution in [2.45, 2.75) is 33.1 Å². The lowest BCUT2D eigenvalue weighted by molar-refractivity contribution is -0.155. The highest BCUT2D eigenvalue weighted by atomic mass is 16.6. The number of carbonyl (C=O) groups excluding carboxylic acids is 4. The van der Waals surface area contributed by atoms with Crippen molar-refractivity contribution in [2.24, 2.45) is 23.7 Å². The van der Waals surface area contributed by atoms with E-state index in [1.807, 2.05) is 13.8 Å². The van der Waals surface area contributed by atoms with Gasteiger partial charge >= 0.3 is 23.9 Å². The van der Waals surface area contributed by atoms with Crippen molar-refractivity contribution in [3.63, 3.8) is 0 Å². The van der Waals surface area contributed by atoms with E-state index in [1.54, 1.807) is 0 Å². The van der Waals surface area contributed by atoms with E-state index in [0.29, 0.717) is 6.42 Å². The lowest BCUT2D eigenvalue weighted by Crippen LogP contribution is -2.24. The lowest BCUT2D eigenvalue weighted by atomic mass is 9.80. The second-order valence-electron chi connectivity index (χ2n) is 5.40. The minimum absolute atomic E-state index is 0.0718. The quantitative estimate of drug-likeness (QED) is 0.554. The number of ether oxygens (including phenoxy) is 2. The maximum Gasteiger partial charge on any atom is 0.317 e. The zero-order valence-corrected chi connectivity index (χ0v) is 10.9. The number of carbonyl (C=O) groups is 4. The average Bonchev–Trinajstić information content (AvgIpc) is 2.81. The molecule has 104 valence electrons. The van der Waals surface area contributed by atoms with Crippen molar-refractivity contribution in [2.75, 3.05) is 0 Å². The van der Waals surface area contributed by atoms with Crippen molar-refractivity contribution in [3.05, 3.63) is 0 Å². The fourth-order valence-electron chi connectivity index (χ4n) is 2.77. The highest BCUT2D eigenvalue weighted by molar-refractivity contribution is 5.95. The SMILES string of the molecule is CC(CC(C)C1CC(=O)OC1=O)C1CC(=O)OC1=O. The molecule has 0 spiro atoms. The van der Waals surface area contributed by atoms with Crippen molar-refractivity contribution in [1.29, 1.82) is 0 Å². The average molecular weight is 268 g/mol. The third-order valence-corrected chi connectivity index (χ3v) is 3.92. The minimum atomic E-state index is -0.495. The Morgan fingerprint density at radius 2 is 1.26 bits per heavy atom. The van der Waals surface area contributed by atoms with Crippen LogP contribution < -0.4 is 0 Å². The number of rotatable bonds is 4. The summed E-state index contributed by atoms with van der Waals surface area (Å²) in [6.45, 7) is 3.70. The molecule has 0 aromatic rings. The van der Waals surface area contributed by atoms with Crippen molar-refractivity contribution in [1.82, 2.24) is 0 Å². The molecule has 2 heterocycles. The second kappa shape index (κ2) is 5.11. The molecule has 2 fully saturated rings. The molecule has 19 heavy (non-hydrogen) atoms. The van der Waals surface area contributed by atoms with Crippen LogP contribution in [0, 0.1) is 23.7 Å². The van der Waals surface area contributed by atoms with Gasteiger partial charge in [0.25, 0.3) is 0 Å². The zero-order valence-electron chi connectivity index (χ0n) is 10.9. The summed E-state index contributed by atoms with van der Waals surface area (Å²) in [4.78, 5) is 45.0. The molecular formula is C13H16O6. The summed E-state index contributed by atoms with van der Waals surface area (Å²) in [6.07, 6.45) is 0.765. The minimum Gasteiger partial charge on any atom is -0.393 e. The summed E-state index contributed by atoms with van der Waals surface area (Å²) < 4.78 is 9.03. The van der Waals surface area contributed by atoms with Crippen molar-refractivity contribution < 1.29 is 28.7 Å². The standard InChI is InChI=1S/C13H16O6/c1-6(8-4-10(14)18-12(8)16)3-7(2)9-5-11(15)19-13(9)17/h6-9H,3-5H2,1-2H3. The number of cyclic esters (lactones) is 4. The van der Waals surface area contributed by atoms with Gasteiger partial charge in [0, 0.05) is 0 Å². The molecule has 6 heteroatoms. The van der Waals surface area contributed by atoms with Crippen LogP contribution >= 0.6 is 0 Å². The third kappa shape index (κ3) is 2.83. The Balaban J connectivity index is 1.93. The van der Waals surface area contributed by atoms with E-state index in [0.717, 1.165) is 0 Å². The van der Waals surface area contributed by atoms with Gasteiger partial charge in [-0.25, -0.2) is 0 Å². The molecule has 2 saturated heterocycles. The van der Waals surface area contributed by atoms with E-state index in [9.17, 15) is 19.2 Å². The Kier molecular flexibility index (Phi) is 3.68. The summed E-state index contributed by atoms with van der Waals surface area (Å²) in [7, 11) is 0. The van der Waals surface area contributed by atoms with Gasteiger partial charge in [0.1, 0.15) is 0 Å². The summed E-state index contributed by atoms with van der Waals surface area (Å²) >= 11 is 0. The molecule has 0 N–H and O–H groups in total. The van der Waals surface area contributed by atoms with Crippen molar-refractivity contribution >= 4 is 23.9 Å². The highest BCUT2D eigenvalue weighted by Gasteiger charge is 2.41. The second-order valence-corrected chi connectivity index (χ2v) is 5.40. The van der Waals surface area contributed by atoms with Crippen LogP contribution in [0.15, 0.2) is 0 Å². The number of hydrogen-bond donors (Lipinski definition) is 0. The van der Waals surface area contributed by atoms with Crippen LogP contribution in [-0.2, 0) is 28.7 Å². The first-order valence-electron chi connectivity index (χ1n) is 6.37. The van der Waals surface area contributed by atoms with Gasteiger partial charge < -0.3 is 9.47 Å². The Hall–Kier alpha value is -1.72. The van der Waals surface area contributed by atoms with Gasteiger partial charge in [0.15, 0.2) is 0 Å². The monoisotopic (exact) mass is 268 g/mol. The molecule has 4 atom stereocenters. The van der Waals surface area contributed by atoms with Gasteiger partial charge in [0.2, 0.25) is 0 Å². The first-order valence-corrected chi connectivity index (χ1v) is 6.37. The molecule has 6 nitrogen and oxygen atoms in total. The predicted molar refractivity (Wildman–Crippen MR) is 61.4 cm³/mol. The number of esters is 4. The third-order valence-electron chi connectivity index (χ3n) is 3.92. The molecule has 0 aromatic heterocycles. The molecule has 2 aliphatic heterocycles. The molecule has 0 bridgehead atoms. The van der Waals surface area contributed by atoms with Crippen LogP contribution in [0.1, 0.15) is 33.1 Å². The van der Waals surface area contributed by atoms with Gasteiger partial charge in [0.05, 0.1) is 24.7 Å². The van der Waals surface area contributed by atoms with Gasteiger partial charge in [-0.3, -0.25) is 19.2 Å². The van der Waals surface area contributed by atoms with Gasteiger partial charge in [-0.05, 0) is 18.3 Å². The van der Waals surface area contributed by atoms with E-state index >= 15 is 0 Å². The normalized spacial score (nSPS) is 30.2. The Labute approximate surface area is 110 Å². The smallest absolute Gasteiger partial charge is 0.317 e. The fraction of sp³-hybridized carbons (Fsp3) is 0.692. The molecule has 4 unspecified atom stereocenters. The van der Waals surface area contributed by atoms with Gasteiger partial charge in [-0.1, -0.05) is 13.8 Å². The molecule has 2 aliphatic rings. The Bertz CT molecular complexity index is 400. The topological polar surface area (TPSA) is 86.7 Å². The van der Waals surface area contributed by atoms with E-state index in [1.165, 1.54) is 0 Å². The van der Waals surface area contributed by atoms with E-state index in [2.05, 4.69) is 9.47 Å². The summed E-state index contributed by atoms with van der Waals surface area (Å²) in [5.74, 6) is -3.00. The summed E-state index contributed by atoms with van der Waals surface area (Å²) in [6, 6.07) is 0. The van der Waals surface area contributed by atoms with E-state index < -0.39 is 35.7 Å². The van der Waals surface area contributed by atoms with Crippen LogP contribution in [0.25, 0.3) is 0 Å². The Morgan fingerprint density at radius 3 is 1.53 bits per heavy atom. The van der Waals surface area contributed by atoms with Crippen molar-refractivity contribution in [3.8, 4) is 0 Å². The fourth-order valence-corrected chi connectivity index (χ4v) is 2.77.